The number of aryl methyl sites for hydroxylation is 1. The van der Waals surface area contributed by atoms with E-state index in [1.165, 1.54) is 6.07 Å². The monoisotopic (exact) mass is 591 g/mol. The zero-order chi connectivity index (χ0) is 30.6. The summed E-state index contributed by atoms with van der Waals surface area (Å²) in [6.45, 7) is 4.84. The summed E-state index contributed by atoms with van der Waals surface area (Å²) in [5, 5.41) is 2.61. The third kappa shape index (κ3) is 7.11. The Morgan fingerprint density at radius 2 is 1.93 bits per heavy atom. The maximum Gasteiger partial charge on any atom is 0.416 e. The van der Waals surface area contributed by atoms with Gasteiger partial charge in [-0.1, -0.05) is 13.0 Å². The second kappa shape index (κ2) is 12.8. The van der Waals surface area contributed by atoms with Gasteiger partial charge in [0, 0.05) is 47.7 Å². The van der Waals surface area contributed by atoms with Crippen LogP contribution in [0, 0.1) is 6.92 Å². The minimum Gasteiger partial charge on any atom is -0.492 e. The van der Waals surface area contributed by atoms with Crippen molar-refractivity contribution >= 4 is 11.6 Å². The van der Waals surface area contributed by atoms with Crippen molar-refractivity contribution in [3.05, 3.63) is 89.5 Å². The van der Waals surface area contributed by atoms with Crippen LogP contribution in [0.5, 0.6) is 17.4 Å². The first-order valence-electron chi connectivity index (χ1n) is 14.0. The van der Waals surface area contributed by atoms with Crippen molar-refractivity contribution in [3.8, 4) is 28.6 Å². The van der Waals surface area contributed by atoms with Crippen molar-refractivity contribution in [2.24, 2.45) is 0 Å². The number of carbonyl (C=O) groups is 1. The molecule has 3 heterocycles. The Morgan fingerprint density at radius 1 is 1.09 bits per heavy atom. The van der Waals surface area contributed by atoms with Crippen LogP contribution < -0.4 is 14.8 Å². The van der Waals surface area contributed by atoms with Gasteiger partial charge in [-0.25, -0.2) is 15.0 Å². The SMILES string of the molecule is CCc1nccc(-c2cccnc2Oc2cccc(C(=O)Nc3cc(OC[C@@H]4CCCN4C)cc(C(F)(F)F)c3)c2C)n1. The van der Waals surface area contributed by atoms with Crippen LogP contribution in [0.25, 0.3) is 11.3 Å². The van der Waals surface area contributed by atoms with E-state index in [0.29, 0.717) is 34.8 Å². The van der Waals surface area contributed by atoms with E-state index in [1.54, 1.807) is 49.6 Å². The van der Waals surface area contributed by atoms with Gasteiger partial charge in [0.05, 0.1) is 16.8 Å². The van der Waals surface area contributed by atoms with E-state index >= 15 is 0 Å². The fourth-order valence-electron chi connectivity index (χ4n) is 4.96. The summed E-state index contributed by atoms with van der Waals surface area (Å²) >= 11 is 0. The standard InChI is InChI=1S/C32H32F3N5O3/c1-4-29-36-14-12-27(39-29)26-10-6-13-37-31(26)43-28-11-5-9-25(20(28)2)30(41)38-22-16-21(32(33,34)35)17-24(18-22)42-19-23-8-7-15-40(23)3/h5-6,9-14,16-18,23H,4,7-8,15,19H2,1-3H3,(H,38,41)/t23-/m0/s1. The predicted molar refractivity (Wildman–Crippen MR) is 156 cm³/mol. The number of pyridine rings is 1. The normalized spacial score (nSPS) is 15.3. The number of rotatable bonds is 9. The van der Waals surface area contributed by atoms with Gasteiger partial charge >= 0.3 is 6.18 Å². The quantitative estimate of drug-likeness (QED) is 0.225. The fraction of sp³-hybridized carbons (Fsp3) is 0.312. The largest absolute Gasteiger partial charge is 0.492 e. The number of carbonyl (C=O) groups excluding carboxylic acids is 1. The average molecular weight is 592 g/mol. The summed E-state index contributed by atoms with van der Waals surface area (Å²) in [6.07, 6.45) is 1.23. The molecule has 1 saturated heterocycles. The lowest BCUT2D eigenvalue weighted by Gasteiger charge is -2.20. The Labute approximate surface area is 247 Å². The predicted octanol–water partition coefficient (Wildman–Crippen LogP) is 6.95. The van der Waals surface area contributed by atoms with Crippen molar-refractivity contribution in [1.29, 1.82) is 0 Å². The number of alkyl halides is 3. The van der Waals surface area contributed by atoms with Crippen molar-refractivity contribution in [2.75, 3.05) is 25.5 Å². The molecule has 1 fully saturated rings. The highest BCUT2D eigenvalue weighted by Gasteiger charge is 2.32. The summed E-state index contributed by atoms with van der Waals surface area (Å²) in [4.78, 5) is 28.7. The number of aromatic nitrogens is 3. The first-order chi connectivity index (χ1) is 20.6. The van der Waals surface area contributed by atoms with Crippen LogP contribution in [-0.4, -0.2) is 52.0 Å². The summed E-state index contributed by atoms with van der Waals surface area (Å²) in [5.74, 6) is 0.782. The average Bonchev–Trinajstić information content (AvgIpc) is 3.41. The molecule has 1 atom stereocenters. The molecule has 0 unspecified atom stereocenters. The summed E-state index contributed by atoms with van der Waals surface area (Å²) in [7, 11) is 1.96. The van der Waals surface area contributed by atoms with E-state index < -0.39 is 17.6 Å². The molecule has 5 rings (SSSR count). The first kappa shape index (κ1) is 30.0. The van der Waals surface area contributed by atoms with E-state index in [2.05, 4.69) is 25.2 Å². The number of hydrogen-bond donors (Lipinski definition) is 1. The minimum absolute atomic E-state index is 0.0252. The smallest absolute Gasteiger partial charge is 0.416 e. The van der Waals surface area contributed by atoms with Crippen molar-refractivity contribution in [3.63, 3.8) is 0 Å². The van der Waals surface area contributed by atoms with Gasteiger partial charge < -0.3 is 19.7 Å². The number of likely N-dealkylation sites (tertiary alicyclic amines) is 1. The molecule has 4 aromatic rings. The zero-order valence-corrected chi connectivity index (χ0v) is 24.1. The third-order valence-corrected chi connectivity index (χ3v) is 7.41. The molecule has 1 amide bonds. The molecule has 1 N–H and O–H groups in total. The summed E-state index contributed by atoms with van der Waals surface area (Å²) in [5.41, 5.74) is 1.08. The van der Waals surface area contributed by atoms with E-state index in [4.69, 9.17) is 9.47 Å². The lowest BCUT2D eigenvalue weighted by molar-refractivity contribution is -0.137. The zero-order valence-electron chi connectivity index (χ0n) is 24.1. The Kier molecular flexibility index (Phi) is 8.91. The third-order valence-electron chi connectivity index (χ3n) is 7.41. The highest BCUT2D eigenvalue weighted by Crippen LogP contribution is 2.36. The molecule has 0 aliphatic carbocycles. The van der Waals surface area contributed by atoms with E-state index in [-0.39, 0.29) is 35.5 Å². The van der Waals surface area contributed by atoms with Crippen molar-refractivity contribution in [2.45, 2.75) is 45.3 Å². The molecule has 1 aliphatic heterocycles. The highest BCUT2D eigenvalue weighted by molar-refractivity contribution is 6.05. The number of ether oxygens (including phenoxy) is 2. The number of likely N-dealkylation sites (N-methyl/N-ethyl adjacent to an activating group) is 1. The number of hydrogen-bond acceptors (Lipinski definition) is 7. The van der Waals surface area contributed by atoms with Gasteiger partial charge in [0.2, 0.25) is 5.88 Å². The lowest BCUT2D eigenvalue weighted by atomic mass is 10.1. The van der Waals surface area contributed by atoms with E-state index in [9.17, 15) is 18.0 Å². The molecule has 0 spiro atoms. The minimum atomic E-state index is -4.62. The maximum atomic E-state index is 13.7. The number of nitrogens with zero attached hydrogens (tertiary/aromatic N) is 4. The molecule has 0 bridgehead atoms. The Balaban J connectivity index is 1.38. The lowest BCUT2D eigenvalue weighted by Crippen LogP contribution is -2.30. The van der Waals surface area contributed by atoms with Gasteiger partial charge in [-0.05, 0) is 75.8 Å². The van der Waals surface area contributed by atoms with Gasteiger partial charge in [0.15, 0.2) is 0 Å². The van der Waals surface area contributed by atoms with E-state index in [0.717, 1.165) is 31.5 Å². The highest BCUT2D eigenvalue weighted by atomic mass is 19.4. The van der Waals surface area contributed by atoms with E-state index in [1.807, 2.05) is 20.0 Å². The molecule has 2 aromatic heterocycles. The molecule has 224 valence electrons. The van der Waals surface area contributed by atoms with Crippen LogP contribution in [-0.2, 0) is 12.6 Å². The van der Waals surface area contributed by atoms with Crippen molar-refractivity contribution < 1.29 is 27.4 Å². The Bertz CT molecular complexity index is 1610. The summed E-state index contributed by atoms with van der Waals surface area (Å²) in [6, 6.07) is 13.7. The molecule has 8 nitrogen and oxygen atoms in total. The van der Waals surface area contributed by atoms with Crippen LogP contribution in [0.2, 0.25) is 0 Å². The molecule has 11 heteroatoms. The molecule has 0 radical (unpaired) electrons. The van der Waals surface area contributed by atoms with Crippen LogP contribution >= 0.6 is 0 Å². The van der Waals surface area contributed by atoms with Gasteiger partial charge in [0.25, 0.3) is 5.91 Å². The Hall–Kier alpha value is -4.51. The number of anilines is 1. The molecular formula is C32H32F3N5O3. The number of amides is 1. The fourth-order valence-corrected chi connectivity index (χ4v) is 4.96. The number of nitrogens with one attached hydrogen (secondary N) is 1. The van der Waals surface area contributed by atoms with Gasteiger partial charge in [-0.15, -0.1) is 0 Å². The molecule has 1 aliphatic rings. The Morgan fingerprint density at radius 3 is 2.67 bits per heavy atom. The number of halogens is 3. The van der Waals surface area contributed by atoms with Crippen LogP contribution in [0.15, 0.2) is 67.0 Å². The van der Waals surface area contributed by atoms with Gasteiger partial charge in [-0.2, -0.15) is 13.2 Å². The van der Waals surface area contributed by atoms with Gasteiger partial charge in [0.1, 0.15) is 23.9 Å². The maximum absolute atomic E-state index is 13.7. The van der Waals surface area contributed by atoms with Gasteiger partial charge in [-0.3, -0.25) is 4.79 Å². The van der Waals surface area contributed by atoms with Crippen LogP contribution in [0.3, 0.4) is 0 Å². The number of benzene rings is 2. The summed E-state index contributed by atoms with van der Waals surface area (Å²) < 4.78 is 53.1. The second-order valence-corrected chi connectivity index (χ2v) is 10.4. The molecule has 2 aromatic carbocycles. The molecular weight excluding hydrogens is 559 g/mol. The van der Waals surface area contributed by atoms with Crippen LogP contribution in [0.4, 0.5) is 18.9 Å². The topological polar surface area (TPSA) is 89.5 Å². The van der Waals surface area contributed by atoms with Crippen molar-refractivity contribution in [1.82, 2.24) is 19.9 Å². The van der Waals surface area contributed by atoms with Crippen LogP contribution in [0.1, 0.15) is 47.1 Å². The first-order valence-corrected chi connectivity index (χ1v) is 14.0. The molecule has 0 saturated carbocycles. The molecule has 43 heavy (non-hydrogen) atoms. The second-order valence-electron chi connectivity index (χ2n) is 10.4.